The van der Waals surface area contributed by atoms with Gasteiger partial charge in [-0.3, -0.25) is 0 Å². The number of anilines is 3. The van der Waals surface area contributed by atoms with E-state index in [2.05, 4.69) is 29.2 Å². The fraction of sp³-hybridized carbons (Fsp3) is 0. The van der Waals surface area contributed by atoms with Crippen LogP contribution in [0.15, 0.2) is 121 Å². The monoisotopic (exact) mass is 437 g/mol. The highest BCUT2D eigenvalue weighted by molar-refractivity contribution is 5.92. The number of para-hydroxylation sites is 3. The lowest BCUT2D eigenvalue weighted by Gasteiger charge is -2.26. The van der Waals surface area contributed by atoms with Gasteiger partial charge >= 0.3 is 0 Å². The molecule has 1 heterocycles. The maximum atomic E-state index is 9.47. The number of rotatable bonds is 4. The molecule has 0 saturated carbocycles. The van der Waals surface area contributed by atoms with E-state index < -0.39 is 0 Å². The maximum absolute atomic E-state index is 9.47. The second kappa shape index (κ2) is 9.20. The molecule has 0 bridgehead atoms. The topological polar surface area (TPSA) is 60.0 Å². The summed E-state index contributed by atoms with van der Waals surface area (Å²) in [6.07, 6.45) is 1.77. The summed E-state index contributed by atoms with van der Waals surface area (Å²) in [5.74, 6) is 1.21. The lowest BCUT2D eigenvalue weighted by molar-refractivity contribution is 0.509. The Morgan fingerprint density at radius 3 is 1.74 bits per heavy atom. The van der Waals surface area contributed by atoms with Crippen molar-refractivity contribution in [2.75, 3.05) is 4.90 Å². The quantitative estimate of drug-likeness (QED) is 0.312. The molecular weight excluding hydrogens is 418 g/mol. The van der Waals surface area contributed by atoms with Crippen LogP contribution in [0.2, 0.25) is 0 Å². The lowest BCUT2D eigenvalue weighted by atomic mass is 9.96. The molecule has 5 rings (SSSR count). The molecule has 1 aliphatic heterocycles. The molecule has 4 nitrogen and oxygen atoms in total. The van der Waals surface area contributed by atoms with Crippen molar-refractivity contribution in [3.05, 3.63) is 132 Å². The van der Waals surface area contributed by atoms with Crippen molar-refractivity contribution in [3.63, 3.8) is 0 Å². The van der Waals surface area contributed by atoms with Gasteiger partial charge in [0.05, 0.1) is 0 Å². The standard InChI is InChI=1S/C30H19N3O/c31-20-23(21-32)28-19-30(34-29-14-8-7-13-27(28)29)22-15-17-26(18-16-22)33(24-9-3-1-4-10-24)25-11-5-2-6-12-25/h1-19H. The van der Waals surface area contributed by atoms with E-state index in [-0.39, 0.29) is 5.57 Å². The summed E-state index contributed by atoms with van der Waals surface area (Å²) in [6.45, 7) is 0. The average Bonchev–Trinajstić information content (AvgIpc) is 2.91. The van der Waals surface area contributed by atoms with Gasteiger partial charge in [0.15, 0.2) is 0 Å². The Hall–Kier alpha value is -5.06. The van der Waals surface area contributed by atoms with Crippen LogP contribution in [0.3, 0.4) is 0 Å². The first-order chi connectivity index (χ1) is 16.8. The van der Waals surface area contributed by atoms with Crippen molar-refractivity contribution in [1.82, 2.24) is 0 Å². The van der Waals surface area contributed by atoms with Gasteiger partial charge in [-0.25, -0.2) is 0 Å². The predicted molar refractivity (Wildman–Crippen MR) is 134 cm³/mol. The average molecular weight is 438 g/mol. The van der Waals surface area contributed by atoms with Gasteiger partial charge in [-0.2, -0.15) is 10.5 Å². The first-order valence-electron chi connectivity index (χ1n) is 10.8. The number of allylic oxidation sites excluding steroid dienone is 3. The van der Waals surface area contributed by atoms with Crippen LogP contribution in [0.25, 0.3) is 11.3 Å². The minimum Gasteiger partial charge on any atom is -0.456 e. The molecule has 0 aliphatic carbocycles. The second-order valence-corrected chi connectivity index (χ2v) is 7.67. The van der Waals surface area contributed by atoms with Crippen LogP contribution in [-0.4, -0.2) is 0 Å². The first-order valence-corrected chi connectivity index (χ1v) is 10.8. The van der Waals surface area contributed by atoms with Crippen LogP contribution in [-0.2, 0) is 0 Å². The number of hydrogen-bond acceptors (Lipinski definition) is 4. The Labute approximate surface area is 198 Å². The predicted octanol–water partition coefficient (Wildman–Crippen LogP) is 7.39. The van der Waals surface area contributed by atoms with Gasteiger partial charge in [-0.05, 0) is 60.7 Å². The molecule has 4 aromatic rings. The Bertz CT molecular complexity index is 1420. The van der Waals surface area contributed by atoms with Crippen molar-refractivity contribution in [2.45, 2.75) is 0 Å². The fourth-order valence-electron chi connectivity index (χ4n) is 4.01. The van der Waals surface area contributed by atoms with Crippen LogP contribution in [0.1, 0.15) is 11.1 Å². The molecule has 0 spiro atoms. The van der Waals surface area contributed by atoms with Crippen molar-refractivity contribution < 1.29 is 4.74 Å². The summed E-state index contributed by atoms with van der Waals surface area (Å²) < 4.78 is 6.15. The van der Waals surface area contributed by atoms with Gasteiger partial charge < -0.3 is 9.64 Å². The molecule has 0 N–H and O–H groups in total. The van der Waals surface area contributed by atoms with Crippen LogP contribution in [0.5, 0.6) is 5.75 Å². The Kier molecular flexibility index (Phi) is 5.64. The zero-order valence-corrected chi connectivity index (χ0v) is 18.2. The molecule has 4 aromatic carbocycles. The largest absolute Gasteiger partial charge is 0.456 e. The van der Waals surface area contributed by atoms with E-state index in [4.69, 9.17) is 4.74 Å². The van der Waals surface area contributed by atoms with Crippen LogP contribution >= 0.6 is 0 Å². The van der Waals surface area contributed by atoms with Crippen molar-refractivity contribution >= 4 is 28.4 Å². The lowest BCUT2D eigenvalue weighted by Crippen LogP contribution is -2.10. The van der Waals surface area contributed by atoms with Gasteiger partial charge in [0.25, 0.3) is 0 Å². The molecule has 160 valence electrons. The third-order valence-electron chi connectivity index (χ3n) is 5.60. The van der Waals surface area contributed by atoms with E-state index in [1.807, 2.05) is 97.1 Å². The maximum Gasteiger partial charge on any atom is 0.137 e. The second-order valence-electron chi connectivity index (χ2n) is 7.67. The summed E-state index contributed by atoms with van der Waals surface area (Å²) in [6, 6.07) is 39.9. The van der Waals surface area contributed by atoms with Crippen molar-refractivity contribution in [1.29, 1.82) is 10.5 Å². The Morgan fingerprint density at radius 1 is 0.618 bits per heavy atom. The van der Waals surface area contributed by atoms with Crippen LogP contribution < -0.4 is 9.64 Å². The van der Waals surface area contributed by atoms with Gasteiger partial charge in [0.1, 0.15) is 29.2 Å². The van der Waals surface area contributed by atoms with E-state index in [1.165, 1.54) is 0 Å². The molecule has 0 radical (unpaired) electrons. The van der Waals surface area contributed by atoms with E-state index in [1.54, 1.807) is 6.08 Å². The summed E-state index contributed by atoms with van der Waals surface area (Å²) in [5.41, 5.74) is 5.34. The highest BCUT2D eigenvalue weighted by atomic mass is 16.5. The van der Waals surface area contributed by atoms with Crippen molar-refractivity contribution in [2.24, 2.45) is 0 Å². The Balaban J connectivity index is 1.56. The summed E-state index contributed by atoms with van der Waals surface area (Å²) in [7, 11) is 0. The number of fused-ring (bicyclic) bond motifs is 1. The summed E-state index contributed by atoms with van der Waals surface area (Å²) >= 11 is 0. The SMILES string of the molecule is N#CC(C#N)=C1C=C(c2ccc(N(c3ccccc3)c3ccccc3)cc2)Oc2ccccc21. The van der Waals surface area contributed by atoms with Gasteiger partial charge in [-0.15, -0.1) is 0 Å². The van der Waals surface area contributed by atoms with Gasteiger partial charge in [0.2, 0.25) is 0 Å². The highest BCUT2D eigenvalue weighted by Crippen LogP contribution is 2.39. The minimum atomic E-state index is 0.0594. The first kappa shape index (κ1) is 20.8. The van der Waals surface area contributed by atoms with Crippen molar-refractivity contribution in [3.8, 4) is 17.9 Å². The number of ether oxygens (including phenoxy) is 1. The van der Waals surface area contributed by atoms with E-state index >= 15 is 0 Å². The van der Waals surface area contributed by atoms with E-state index in [9.17, 15) is 10.5 Å². The minimum absolute atomic E-state index is 0.0594. The molecular formula is C30H19N3O. The number of nitrogens with zero attached hydrogens (tertiary/aromatic N) is 3. The number of hydrogen-bond donors (Lipinski definition) is 0. The normalized spacial score (nSPS) is 11.8. The van der Waals surface area contributed by atoms with Crippen LogP contribution in [0, 0.1) is 22.7 Å². The third kappa shape index (κ3) is 3.93. The van der Waals surface area contributed by atoms with Gasteiger partial charge in [0, 0.05) is 33.8 Å². The molecule has 0 aromatic heterocycles. The van der Waals surface area contributed by atoms with E-state index in [0.29, 0.717) is 17.1 Å². The Morgan fingerprint density at radius 2 is 1.15 bits per heavy atom. The molecule has 34 heavy (non-hydrogen) atoms. The highest BCUT2D eigenvalue weighted by Gasteiger charge is 2.21. The third-order valence-corrected chi connectivity index (χ3v) is 5.60. The molecule has 0 saturated heterocycles. The summed E-state index contributed by atoms with van der Waals surface area (Å²) in [5, 5.41) is 18.9. The number of nitriles is 2. The molecule has 0 fully saturated rings. The molecule has 0 atom stereocenters. The van der Waals surface area contributed by atoms with Crippen LogP contribution in [0.4, 0.5) is 17.1 Å². The molecule has 0 amide bonds. The smallest absolute Gasteiger partial charge is 0.137 e. The number of benzene rings is 4. The van der Waals surface area contributed by atoms with E-state index in [0.717, 1.165) is 28.2 Å². The fourth-order valence-corrected chi connectivity index (χ4v) is 4.01. The molecule has 4 heteroatoms. The van der Waals surface area contributed by atoms with Gasteiger partial charge in [-0.1, -0.05) is 54.6 Å². The zero-order valence-electron chi connectivity index (χ0n) is 18.2. The molecule has 1 aliphatic rings. The summed E-state index contributed by atoms with van der Waals surface area (Å²) in [4.78, 5) is 2.18. The zero-order chi connectivity index (χ0) is 23.3. The molecule has 0 unspecified atom stereocenters.